The van der Waals surface area contributed by atoms with Crippen LogP contribution in [-0.4, -0.2) is 26.7 Å². The summed E-state index contributed by atoms with van der Waals surface area (Å²) in [4.78, 5) is 0. The first kappa shape index (κ1) is 62.8. The van der Waals surface area contributed by atoms with Crippen molar-refractivity contribution in [3.63, 3.8) is 0 Å². The van der Waals surface area contributed by atoms with Crippen LogP contribution in [0.2, 0.25) is 0 Å². The van der Waals surface area contributed by atoms with Crippen molar-refractivity contribution in [3.05, 3.63) is 0 Å². The van der Waals surface area contributed by atoms with E-state index in [2.05, 4.69) is 100 Å². The Kier molecular flexibility index (Phi) is 129. The number of rotatable bonds is 20. The average molecular weight is 658 g/mol. The van der Waals surface area contributed by atoms with Crippen molar-refractivity contribution < 1.29 is 10.5 Å². The molecule has 0 radical (unpaired) electrons. The molecular formula is C39H98N2O2P+. The lowest BCUT2D eigenvalue weighted by molar-refractivity contribution is 0.309. The number of unbranched alkanes of at least 4 members (excludes halogenated alkanes) is 12. The molecule has 4 nitrogen and oxygen atoms in total. The molecule has 0 aromatic heterocycles. The van der Waals surface area contributed by atoms with Crippen molar-refractivity contribution in [2.24, 2.45) is 0 Å². The monoisotopic (exact) mass is 658 g/mol. The van der Waals surface area contributed by atoms with Gasteiger partial charge in [0.15, 0.2) is 0 Å². The molecule has 0 aromatic carbocycles. The standard InChI is InChI=1S/C19H42N2O2P.6C3H8.C2H6.H2/c1-3-4-5-6-7-8-9-10-11-12-13-16-19-23-24(22)21-18-15-14-17-20-2;6*1-3-2;1-2;/h20H,3-19H2,1-2H3,(H,21,22);6*3H2,1-2H3;1-2H3;1H/q+1;;;;;;;;. The van der Waals surface area contributed by atoms with E-state index in [1.54, 1.807) is 0 Å². The summed E-state index contributed by atoms with van der Waals surface area (Å²) >= 11 is 0. The second kappa shape index (κ2) is 90.2. The van der Waals surface area contributed by atoms with E-state index < -0.39 is 8.18 Å². The summed E-state index contributed by atoms with van der Waals surface area (Å²) in [6, 6.07) is 0. The first-order valence-corrected chi connectivity index (χ1v) is 21.0. The molecular weight excluding hydrogens is 559 g/mol. The van der Waals surface area contributed by atoms with Gasteiger partial charge in [-0.15, -0.1) is 4.52 Å². The number of hydrogen-bond donors (Lipinski definition) is 2. The highest BCUT2D eigenvalue weighted by atomic mass is 31.1. The summed E-state index contributed by atoms with van der Waals surface area (Å²) in [6.07, 6.45) is 25.7. The molecule has 0 saturated carbocycles. The smallest absolute Gasteiger partial charge is 0.320 e. The van der Waals surface area contributed by atoms with Crippen molar-refractivity contribution in [2.45, 2.75) is 232 Å². The van der Waals surface area contributed by atoms with Crippen LogP contribution in [0.25, 0.3) is 0 Å². The summed E-state index contributed by atoms with van der Waals surface area (Å²) < 4.78 is 16.9. The van der Waals surface area contributed by atoms with Gasteiger partial charge in [-0.2, -0.15) is 0 Å². The van der Waals surface area contributed by atoms with Crippen LogP contribution in [0.15, 0.2) is 0 Å². The lowest BCUT2D eigenvalue weighted by Gasteiger charge is -2.02. The SMILES string of the molecule is CC.CCC.CCC.CCC.CCC.CCC.CCC.CCCCCCCCCCCCCCO[P+](=O)NCCCCNC.[HH]. The van der Waals surface area contributed by atoms with Crippen molar-refractivity contribution >= 4 is 8.18 Å². The van der Waals surface area contributed by atoms with E-state index in [-0.39, 0.29) is 1.43 Å². The van der Waals surface area contributed by atoms with Crippen LogP contribution in [0.1, 0.15) is 234 Å². The zero-order chi connectivity index (χ0) is 36.0. The molecule has 5 heteroatoms. The van der Waals surface area contributed by atoms with Crippen LogP contribution in [0, 0.1) is 0 Å². The molecule has 280 valence electrons. The maximum absolute atomic E-state index is 11.6. The molecule has 0 amide bonds. The summed E-state index contributed by atoms with van der Waals surface area (Å²) in [5.74, 6) is 0. The van der Waals surface area contributed by atoms with Gasteiger partial charge in [-0.1, -0.05) is 218 Å². The van der Waals surface area contributed by atoms with Gasteiger partial charge in [-0.3, -0.25) is 0 Å². The Balaban J connectivity index is -0.0000000722. The van der Waals surface area contributed by atoms with E-state index in [1.165, 1.54) is 109 Å². The second-order valence-corrected chi connectivity index (χ2v) is 12.0. The summed E-state index contributed by atoms with van der Waals surface area (Å²) in [5.41, 5.74) is 0. The highest BCUT2D eigenvalue weighted by molar-refractivity contribution is 7.36. The fourth-order valence-electron chi connectivity index (χ4n) is 2.73. The van der Waals surface area contributed by atoms with Crippen LogP contribution < -0.4 is 10.4 Å². The first-order valence-electron chi connectivity index (χ1n) is 19.8. The highest BCUT2D eigenvalue weighted by Gasteiger charge is 2.15. The molecule has 2 N–H and O–H groups in total. The van der Waals surface area contributed by atoms with Crippen molar-refractivity contribution in [1.82, 2.24) is 10.4 Å². The third-order valence-corrected chi connectivity index (χ3v) is 5.20. The van der Waals surface area contributed by atoms with E-state index in [0.717, 1.165) is 32.4 Å². The zero-order valence-corrected chi connectivity index (χ0v) is 35.4. The Hall–Kier alpha value is -0.0200. The van der Waals surface area contributed by atoms with Gasteiger partial charge in [0.05, 0.1) is 0 Å². The molecule has 0 aliphatic carbocycles. The van der Waals surface area contributed by atoms with Gasteiger partial charge in [0, 0.05) is 7.97 Å². The van der Waals surface area contributed by atoms with Crippen molar-refractivity contribution in [1.29, 1.82) is 0 Å². The quantitative estimate of drug-likeness (QED) is 0.101. The van der Waals surface area contributed by atoms with E-state index >= 15 is 0 Å². The average Bonchev–Trinajstić information content (AvgIpc) is 2.99. The lowest BCUT2D eigenvalue weighted by atomic mass is 10.1. The van der Waals surface area contributed by atoms with Crippen LogP contribution in [0.3, 0.4) is 0 Å². The Labute approximate surface area is 287 Å². The van der Waals surface area contributed by atoms with Gasteiger partial charge in [0.2, 0.25) is 0 Å². The minimum Gasteiger partial charge on any atom is -0.320 e. The van der Waals surface area contributed by atoms with Gasteiger partial charge in [-0.05, 0) is 37.4 Å². The minimum atomic E-state index is -1.66. The topological polar surface area (TPSA) is 50.4 Å². The predicted molar refractivity (Wildman–Crippen MR) is 215 cm³/mol. The molecule has 1 unspecified atom stereocenters. The molecule has 0 heterocycles. The Morgan fingerprint density at radius 1 is 0.455 bits per heavy atom. The maximum Gasteiger partial charge on any atom is 0.612 e. The van der Waals surface area contributed by atoms with E-state index in [4.69, 9.17) is 4.52 Å². The van der Waals surface area contributed by atoms with Gasteiger partial charge in [-0.25, -0.2) is 0 Å². The molecule has 44 heavy (non-hydrogen) atoms. The number of hydrogen-bond acceptors (Lipinski definition) is 3. The third kappa shape index (κ3) is 146. The first-order chi connectivity index (χ1) is 21.3. The van der Waals surface area contributed by atoms with Crippen LogP contribution >= 0.6 is 8.18 Å². The van der Waals surface area contributed by atoms with Gasteiger partial charge in [0.25, 0.3) is 0 Å². The highest BCUT2D eigenvalue weighted by Crippen LogP contribution is 2.17. The fourth-order valence-corrected chi connectivity index (χ4v) is 3.46. The Morgan fingerprint density at radius 2 is 0.727 bits per heavy atom. The molecule has 0 aromatic rings. The largest absolute Gasteiger partial charge is 0.612 e. The fraction of sp³-hybridized carbons (Fsp3) is 1.00. The molecule has 0 aliphatic heterocycles. The molecule has 0 fully saturated rings. The molecule has 0 bridgehead atoms. The van der Waals surface area contributed by atoms with E-state index in [0.29, 0.717) is 6.61 Å². The molecule has 0 aliphatic rings. The van der Waals surface area contributed by atoms with Crippen molar-refractivity contribution in [2.75, 3.05) is 26.7 Å². The van der Waals surface area contributed by atoms with Gasteiger partial charge in [0.1, 0.15) is 6.61 Å². The lowest BCUT2D eigenvalue weighted by Crippen LogP contribution is -2.12. The molecule has 0 spiro atoms. The van der Waals surface area contributed by atoms with Gasteiger partial charge < -0.3 is 5.32 Å². The normalized spacial score (nSPS) is 9.05. The van der Waals surface area contributed by atoms with Crippen LogP contribution in [-0.2, 0) is 9.09 Å². The minimum absolute atomic E-state index is 0. The van der Waals surface area contributed by atoms with Gasteiger partial charge >= 0.3 is 8.18 Å². The zero-order valence-electron chi connectivity index (χ0n) is 34.5. The Morgan fingerprint density at radius 3 is 1.02 bits per heavy atom. The predicted octanol–water partition coefficient (Wildman–Crippen LogP) is 15.7. The van der Waals surface area contributed by atoms with Crippen LogP contribution in [0.4, 0.5) is 0 Å². The summed E-state index contributed by atoms with van der Waals surface area (Å²) in [6.45, 7) is 34.2. The van der Waals surface area contributed by atoms with Crippen molar-refractivity contribution in [3.8, 4) is 0 Å². The summed E-state index contributed by atoms with van der Waals surface area (Å²) in [5, 5.41) is 6.05. The second-order valence-electron chi connectivity index (χ2n) is 10.9. The maximum atomic E-state index is 11.6. The van der Waals surface area contributed by atoms with E-state index in [9.17, 15) is 4.57 Å². The van der Waals surface area contributed by atoms with Crippen LogP contribution in [0.5, 0.6) is 0 Å². The van der Waals surface area contributed by atoms with E-state index in [1.807, 2.05) is 20.9 Å². The Bertz CT molecular complexity index is 337. The molecule has 0 rings (SSSR count). The number of nitrogens with one attached hydrogen (secondary N) is 2. The summed E-state index contributed by atoms with van der Waals surface area (Å²) in [7, 11) is 0.289. The third-order valence-electron chi connectivity index (χ3n) is 4.30. The molecule has 1 atom stereocenters. The molecule has 0 saturated heterocycles.